The molecule has 0 spiro atoms. The molecule has 3 heterocycles. The lowest BCUT2D eigenvalue weighted by molar-refractivity contribution is 0.586. The molecule has 1 saturated heterocycles. The van der Waals surface area contributed by atoms with Gasteiger partial charge in [-0.3, -0.25) is 4.98 Å². The molecule has 0 amide bonds. The summed E-state index contributed by atoms with van der Waals surface area (Å²) in [4.78, 5) is 11.2. The van der Waals surface area contributed by atoms with Gasteiger partial charge in [-0.15, -0.1) is 0 Å². The van der Waals surface area contributed by atoms with E-state index in [1.165, 1.54) is 0 Å². The lowest BCUT2D eigenvalue weighted by atomic mass is 10.2. The van der Waals surface area contributed by atoms with Crippen LogP contribution < -0.4 is 10.2 Å². The number of hydrogen-bond donors (Lipinski definition) is 1. The minimum absolute atomic E-state index is 1.01. The van der Waals surface area contributed by atoms with Crippen LogP contribution in [0.2, 0.25) is 0 Å². The Morgan fingerprint density at radius 3 is 2.81 bits per heavy atom. The molecule has 1 aliphatic rings. The molecule has 4 heteroatoms. The summed E-state index contributed by atoms with van der Waals surface area (Å²) in [6.45, 7) is 4.08. The zero-order chi connectivity index (χ0) is 10.8. The van der Waals surface area contributed by atoms with Crippen LogP contribution in [0.4, 0.5) is 5.82 Å². The Balaban J connectivity index is 2.08. The fourth-order valence-electron chi connectivity index (χ4n) is 2.12. The van der Waals surface area contributed by atoms with Gasteiger partial charge in [0.15, 0.2) is 0 Å². The van der Waals surface area contributed by atoms with Gasteiger partial charge in [0.2, 0.25) is 0 Å². The number of nitrogens with one attached hydrogen (secondary N) is 1. The standard InChI is InChI=1S/C12H14N4/c1-2-10-11(14-4-1)3-5-15-12(10)16-8-6-13-7-9-16/h1-5,13H,6-9H2. The van der Waals surface area contributed by atoms with E-state index in [9.17, 15) is 0 Å². The van der Waals surface area contributed by atoms with Gasteiger partial charge in [0.05, 0.1) is 5.52 Å². The predicted octanol–water partition coefficient (Wildman–Crippen LogP) is 1.04. The first-order chi connectivity index (χ1) is 7.95. The van der Waals surface area contributed by atoms with Crippen LogP contribution in [0.25, 0.3) is 10.9 Å². The highest BCUT2D eigenvalue weighted by Crippen LogP contribution is 2.22. The molecule has 1 aliphatic heterocycles. The molecular weight excluding hydrogens is 200 g/mol. The molecule has 82 valence electrons. The Labute approximate surface area is 94.3 Å². The molecule has 0 atom stereocenters. The zero-order valence-corrected chi connectivity index (χ0v) is 9.06. The molecule has 16 heavy (non-hydrogen) atoms. The SMILES string of the molecule is c1cnc2ccnc(N3CCNCC3)c2c1. The molecule has 0 radical (unpaired) electrons. The maximum atomic E-state index is 4.49. The number of anilines is 1. The molecule has 0 aromatic carbocycles. The lowest BCUT2D eigenvalue weighted by Crippen LogP contribution is -2.43. The minimum Gasteiger partial charge on any atom is -0.354 e. The van der Waals surface area contributed by atoms with Crippen molar-refractivity contribution in [1.29, 1.82) is 0 Å². The molecular formula is C12H14N4. The van der Waals surface area contributed by atoms with Crippen LogP contribution in [-0.2, 0) is 0 Å². The van der Waals surface area contributed by atoms with Crippen LogP contribution in [0.15, 0.2) is 30.6 Å². The number of piperazine rings is 1. The first kappa shape index (κ1) is 9.54. The third-order valence-corrected chi connectivity index (χ3v) is 2.93. The summed E-state index contributed by atoms with van der Waals surface area (Å²) in [6.07, 6.45) is 3.66. The second kappa shape index (κ2) is 4.06. The Bertz CT molecular complexity index is 486. The van der Waals surface area contributed by atoms with Crippen molar-refractivity contribution >= 4 is 16.7 Å². The van der Waals surface area contributed by atoms with Crippen LogP contribution in [-0.4, -0.2) is 36.1 Å². The smallest absolute Gasteiger partial charge is 0.138 e. The van der Waals surface area contributed by atoms with Crippen LogP contribution in [0.3, 0.4) is 0 Å². The van der Waals surface area contributed by atoms with E-state index >= 15 is 0 Å². The number of pyridine rings is 2. The van der Waals surface area contributed by atoms with Crippen molar-refractivity contribution in [3.63, 3.8) is 0 Å². The Hall–Kier alpha value is -1.68. The Morgan fingerprint density at radius 2 is 1.94 bits per heavy atom. The van der Waals surface area contributed by atoms with Crippen molar-refractivity contribution in [2.45, 2.75) is 0 Å². The van der Waals surface area contributed by atoms with Crippen LogP contribution in [0.1, 0.15) is 0 Å². The summed E-state index contributed by atoms with van der Waals surface area (Å²) in [5.41, 5.74) is 1.02. The molecule has 0 unspecified atom stereocenters. The molecule has 0 bridgehead atoms. The summed E-state index contributed by atoms with van der Waals surface area (Å²) >= 11 is 0. The van der Waals surface area contributed by atoms with Crippen molar-refractivity contribution in [3.05, 3.63) is 30.6 Å². The Kier molecular flexibility index (Phi) is 2.42. The molecule has 2 aromatic rings. The summed E-state index contributed by atoms with van der Waals surface area (Å²) in [7, 11) is 0. The summed E-state index contributed by atoms with van der Waals surface area (Å²) in [5, 5.41) is 4.49. The first-order valence-corrected chi connectivity index (χ1v) is 5.60. The fourth-order valence-corrected chi connectivity index (χ4v) is 2.12. The zero-order valence-electron chi connectivity index (χ0n) is 9.06. The van der Waals surface area contributed by atoms with E-state index in [1.54, 1.807) is 0 Å². The van der Waals surface area contributed by atoms with Gasteiger partial charge >= 0.3 is 0 Å². The number of nitrogens with zero attached hydrogens (tertiary/aromatic N) is 3. The number of fused-ring (bicyclic) bond motifs is 1. The van der Waals surface area contributed by atoms with E-state index in [2.05, 4.69) is 26.3 Å². The average Bonchev–Trinajstić information content (AvgIpc) is 2.39. The van der Waals surface area contributed by atoms with Gasteiger partial charge in [0, 0.05) is 44.0 Å². The Morgan fingerprint density at radius 1 is 1.06 bits per heavy atom. The highest BCUT2D eigenvalue weighted by Gasteiger charge is 2.14. The van der Waals surface area contributed by atoms with E-state index in [-0.39, 0.29) is 0 Å². The van der Waals surface area contributed by atoms with Gasteiger partial charge in [-0.1, -0.05) is 0 Å². The van der Waals surface area contributed by atoms with Crippen molar-refractivity contribution in [2.75, 3.05) is 31.1 Å². The molecule has 4 nitrogen and oxygen atoms in total. The normalized spacial score (nSPS) is 16.6. The number of rotatable bonds is 1. The van der Waals surface area contributed by atoms with Crippen LogP contribution >= 0.6 is 0 Å². The van der Waals surface area contributed by atoms with Crippen molar-refractivity contribution in [1.82, 2.24) is 15.3 Å². The average molecular weight is 214 g/mol. The van der Waals surface area contributed by atoms with Gasteiger partial charge in [0.1, 0.15) is 5.82 Å². The molecule has 1 fully saturated rings. The van der Waals surface area contributed by atoms with Gasteiger partial charge in [-0.25, -0.2) is 4.98 Å². The number of hydrogen-bond acceptors (Lipinski definition) is 4. The maximum absolute atomic E-state index is 4.49. The third-order valence-electron chi connectivity index (χ3n) is 2.93. The van der Waals surface area contributed by atoms with Gasteiger partial charge < -0.3 is 10.2 Å². The van der Waals surface area contributed by atoms with Gasteiger partial charge in [-0.05, 0) is 18.2 Å². The largest absolute Gasteiger partial charge is 0.354 e. The molecule has 2 aromatic heterocycles. The highest BCUT2D eigenvalue weighted by molar-refractivity contribution is 5.89. The summed E-state index contributed by atoms with van der Waals surface area (Å²) < 4.78 is 0. The lowest BCUT2D eigenvalue weighted by Gasteiger charge is -2.29. The van der Waals surface area contributed by atoms with Crippen molar-refractivity contribution in [3.8, 4) is 0 Å². The van der Waals surface area contributed by atoms with Crippen LogP contribution in [0, 0.1) is 0 Å². The van der Waals surface area contributed by atoms with E-state index in [1.807, 2.05) is 24.5 Å². The van der Waals surface area contributed by atoms with E-state index in [4.69, 9.17) is 0 Å². The van der Waals surface area contributed by atoms with Crippen molar-refractivity contribution < 1.29 is 0 Å². The van der Waals surface area contributed by atoms with E-state index in [0.29, 0.717) is 0 Å². The third kappa shape index (κ3) is 1.61. The van der Waals surface area contributed by atoms with E-state index < -0.39 is 0 Å². The first-order valence-electron chi connectivity index (χ1n) is 5.60. The van der Waals surface area contributed by atoms with Crippen molar-refractivity contribution in [2.24, 2.45) is 0 Å². The monoisotopic (exact) mass is 214 g/mol. The molecule has 3 rings (SSSR count). The minimum atomic E-state index is 1.01. The second-order valence-electron chi connectivity index (χ2n) is 3.94. The van der Waals surface area contributed by atoms with Gasteiger partial charge in [0.25, 0.3) is 0 Å². The molecule has 0 saturated carbocycles. The van der Waals surface area contributed by atoms with Crippen LogP contribution in [0.5, 0.6) is 0 Å². The molecule has 1 N–H and O–H groups in total. The van der Waals surface area contributed by atoms with E-state index in [0.717, 1.165) is 42.9 Å². The molecule has 0 aliphatic carbocycles. The summed E-state index contributed by atoms with van der Waals surface area (Å²) in [5.74, 6) is 1.06. The second-order valence-corrected chi connectivity index (χ2v) is 3.94. The highest BCUT2D eigenvalue weighted by atomic mass is 15.2. The van der Waals surface area contributed by atoms with Gasteiger partial charge in [-0.2, -0.15) is 0 Å². The fraction of sp³-hybridized carbons (Fsp3) is 0.333. The number of aromatic nitrogens is 2. The predicted molar refractivity (Wildman–Crippen MR) is 64.6 cm³/mol. The maximum Gasteiger partial charge on any atom is 0.138 e. The quantitative estimate of drug-likeness (QED) is 0.770. The summed E-state index contributed by atoms with van der Waals surface area (Å²) in [6, 6.07) is 6.02. The topological polar surface area (TPSA) is 41.1 Å².